The van der Waals surface area contributed by atoms with E-state index in [0.29, 0.717) is 5.54 Å². The van der Waals surface area contributed by atoms with Crippen LogP contribution in [0.4, 0.5) is 4.79 Å². The fourth-order valence-corrected chi connectivity index (χ4v) is 2.38. The molecule has 1 unspecified atom stereocenters. The van der Waals surface area contributed by atoms with E-state index in [0.717, 1.165) is 6.42 Å². The molecule has 1 amide bonds. The third kappa shape index (κ3) is 3.09. The van der Waals surface area contributed by atoms with Gasteiger partial charge < -0.3 is 15.5 Å². The van der Waals surface area contributed by atoms with Crippen molar-refractivity contribution in [2.75, 3.05) is 0 Å². The maximum absolute atomic E-state index is 10.3. The Bertz CT molecular complexity index is 230. The molecule has 1 saturated heterocycles. The Morgan fingerprint density at radius 3 is 2.33 bits per heavy atom. The first-order valence-corrected chi connectivity index (χ1v) is 4.97. The minimum atomic E-state index is -0.930. The molecule has 0 aromatic carbocycles. The van der Waals surface area contributed by atoms with E-state index in [-0.39, 0.29) is 12.6 Å². The molecule has 0 aromatic rings. The van der Waals surface area contributed by atoms with Crippen molar-refractivity contribution in [2.24, 2.45) is 0 Å². The van der Waals surface area contributed by atoms with Crippen molar-refractivity contribution in [3.05, 3.63) is 0 Å². The number of rotatable bonds is 1. The summed E-state index contributed by atoms with van der Waals surface area (Å²) in [5.41, 5.74) is 0.299. The van der Waals surface area contributed by atoms with Gasteiger partial charge in [0.15, 0.2) is 0 Å². The molecule has 1 spiro atoms. The minimum absolute atomic E-state index is 0.000556. The predicted octanol–water partition coefficient (Wildman–Crippen LogP) is 0.587. The van der Waals surface area contributed by atoms with Crippen molar-refractivity contribution >= 4 is 12.6 Å². The first-order chi connectivity index (χ1) is 7.12. The summed E-state index contributed by atoms with van der Waals surface area (Å²) in [5.74, 6) is 0. The SMILES string of the molecule is O=C(O)NC1CC2(CCCC2)N1.O=CO. The van der Waals surface area contributed by atoms with Gasteiger partial charge in [0.1, 0.15) is 0 Å². The van der Waals surface area contributed by atoms with Crippen LogP contribution in [0.5, 0.6) is 0 Å². The second-order valence-corrected chi connectivity index (χ2v) is 3.94. The lowest BCUT2D eigenvalue weighted by Gasteiger charge is -2.46. The van der Waals surface area contributed by atoms with Crippen molar-refractivity contribution in [1.82, 2.24) is 10.6 Å². The van der Waals surface area contributed by atoms with Crippen molar-refractivity contribution in [3.63, 3.8) is 0 Å². The van der Waals surface area contributed by atoms with E-state index in [1.807, 2.05) is 0 Å². The van der Waals surface area contributed by atoms with Crippen LogP contribution < -0.4 is 10.6 Å². The summed E-state index contributed by atoms with van der Waals surface area (Å²) in [6.07, 6.45) is 5.04. The van der Waals surface area contributed by atoms with E-state index in [1.54, 1.807) is 0 Å². The van der Waals surface area contributed by atoms with Crippen LogP contribution in [-0.4, -0.2) is 34.5 Å². The number of carboxylic acid groups (broad SMARTS) is 2. The summed E-state index contributed by atoms with van der Waals surface area (Å²) in [4.78, 5) is 18.6. The van der Waals surface area contributed by atoms with Gasteiger partial charge in [0.05, 0.1) is 6.17 Å². The molecule has 0 radical (unpaired) electrons. The lowest BCUT2D eigenvalue weighted by molar-refractivity contribution is -0.122. The summed E-state index contributed by atoms with van der Waals surface area (Å²) >= 11 is 0. The molecule has 4 N–H and O–H groups in total. The van der Waals surface area contributed by atoms with E-state index >= 15 is 0 Å². The van der Waals surface area contributed by atoms with Gasteiger partial charge in [0, 0.05) is 5.54 Å². The van der Waals surface area contributed by atoms with Crippen LogP contribution in [0.3, 0.4) is 0 Å². The zero-order valence-corrected chi connectivity index (χ0v) is 8.40. The van der Waals surface area contributed by atoms with E-state index in [9.17, 15) is 4.79 Å². The van der Waals surface area contributed by atoms with Gasteiger partial charge >= 0.3 is 6.09 Å². The van der Waals surface area contributed by atoms with Crippen molar-refractivity contribution in [2.45, 2.75) is 43.8 Å². The fraction of sp³-hybridized carbons (Fsp3) is 0.778. The summed E-state index contributed by atoms with van der Waals surface area (Å²) < 4.78 is 0. The van der Waals surface area contributed by atoms with Gasteiger partial charge in [-0.1, -0.05) is 12.8 Å². The summed E-state index contributed by atoms with van der Waals surface area (Å²) in [5, 5.41) is 21.0. The first kappa shape index (κ1) is 11.8. The number of hydrogen-bond acceptors (Lipinski definition) is 3. The smallest absolute Gasteiger partial charge is 0.405 e. The van der Waals surface area contributed by atoms with Crippen LogP contribution in [0.15, 0.2) is 0 Å². The summed E-state index contributed by atoms with van der Waals surface area (Å²) in [7, 11) is 0. The van der Waals surface area contributed by atoms with Crippen LogP contribution in [0.25, 0.3) is 0 Å². The second kappa shape index (κ2) is 4.97. The van der Waals surface area contributed by atoms with Crippen molar-refractivity contribution < 1.29 is 19.8 Å². The molecule has 15 heavy (non-hydrogen) atoms. The second-order valence-electron chi connectivity index (χ2n) is 3.94. The van der Waals surface area contributed by atoms with Crippen LogP contribution in [0, 0.1) is 0 Å². The standard InChI is InChI=1S/C8H14N2O2.CH2O2/c11-7(12)9-6-5-8(10-6)3-1-2-4-8;2-1-3/h6,9-10H,1-5H2,(H,11,12);1H,(H,2,3). The third-order valence-corrected chi connectivity index (χ3v) is 2.93. The van der Waals surface area contributed by atoms with Gasteiger partial charge in [0.25, 0.3) is 6.47 Å². The first-order valence-electron chi connectivity index (χ1n) is 4.97. The van der Waals surface area contributed by atoms with Gasteiger partial charge in [-0.15, -0.1) is 0 Å². The van der Waals surface area contributed by atoms with E-state index in [1.165, 1.54) is 25.7 Å². The van der Waals surface area contributed by atoms with Gasteiger partial charge in [-0.2, -0.15) is 0 Å². The molecule has 1 aliphatic heterocycles. The number of nitrogens with one attached hydrogen (secondary N) is 2. The maximum Gasteiger partial charge on any atom is 0.405 e. The summed E-state index contributed by atoms with van der Waals surface area (Å²) in [6.45, 7) is -0.250. The Hall–Kier alpha value is -1.30. The average molecular weight is 216 g/mol. The lowest BCUT2D eigenvalue weighted by Crippen LogP contribution is -2.67. The van der Waals surface area contributed by atoms with Crippen molar-refractivity contribution in [1.29, 1.82) is 0 Å². The Labute approximate surface area is 87.7 Å². The fourth-order valence-electron chi connectivity index (χ4n) is 2.38. The molecule has 1 saturated carbocycles. The monoisotopic (exact) mass is 216 g/mol. The molecule has 0 aromatic heterocycles. The highest BCUT2D eigenvalue weighted by Crippen LogP contribution is 2.39. The number of amides is 1. The molecular formula is C9H16N2O4. The molecule has 1 heterocycles. The normalized spacial score (nSPS) is 26.0. The minimum Gasteiger partial charge on any atom is -0.483 e. The van der Waals surface area contributed by atoms with Crippen LogP contribution in [0.1, 0.15) is 32.1 Å². The van der Waals surface area contributed by atoms with Crippen LogP contribution >= 0.6 is 0 Å². The number of hydrogen-bond donors (Lipinski definition) is 4. The number of carbonyl (C=O) groups is 2. The maximum atomic E-state index is 10.3. The highest BCUT2D eigenvalue weighted by Gasteiger charge is 2.45. The Morgan fingerprint density at radius 2 is 1.93 bits per heavy atom. The molecule has 1 aliphatic carbocycles. The Kier molecular flexibility index (Phi) is 3.90. The molecule has 6 heteroatoms. The zero-order valence-electron chi connectivity index (χ0n) is 8.40. The molecule has 2 rings (SSSR count). The van der Waals surface area contributed by atoms with E-state index < -0.39 is 6.09 Å². The lowest BCUT2D eigenvalue weighted by atomic mass is 9.83. The average Bonchev–Trinajstić information content (AvgIpc) is 2.52. The topological polar surface area (TPSA) is 98.7 Å². The quantitative estimate of drug-likeness (QED) is 0.481. The highest BCUT2D eigenvalue weighted by molar-refractivity contribution is 5.65. The van der Waals surface area contributed by atoms with Gasteiger partial charge in [-0.05, 0) is 19.3 Å². The molecule has 2 aliphatic rings. The zero-order chi connectivity index (χ0) is 11.3. The molecule has 86 valence electrons. The van der Waals surface area contributed by atoms with Crippen molar-refractivity contribution in [3.8, 4) is 0 Å². The summed E-state index contributed by atoms with van der Waals surface area (Å²) in [6, 6.07) is 0. The van der Waals surface area contributed by atoms with Gasteiger partial charge in [-0.3, -0.25) is 10.1 Å². The largest absolute Gasteiger partial charge is 0.483 e. The molecule has 0 bridgehead atoms. The van der Waals surface area contributed by atoms with Gasteiger partial charge in [-0.25, -0.2) is 4.79 Å². The van der Waals surface area contributed by atoms with E-state index in [2.05, 4.69) is 10.6 Å². The molecular weight excluding hydrogens is 200 g/mol. The van der Waals surface area contributed by atoms with Crippen LogP contribution in [0.2, 0.25) is 0 Å². The predicted molar refractivity (Wildman–Crippen MR) is 52.6 cm³/mol. The Balaban J connectivity index is 0.000000337. The third-order valence-electron chi connectivity index (χ3n) is 2.93. The molecule has 1 atom stereocenters. The Morgan fingerprint density at radius 1 is 1.47 bits per heavy atom. The molecule has 2 fully saturated rings. The van der Waals surface area contributed by atoms with Gasteiger partial charge in [0.2, 0.25) is 0 Å². The molecule has 6 nitrogen and oxygen atoms in total. The highest BCUT2D eigenvalue weighted by atomic mass is 16.4. The van der Waals surface area contributed by atoms with Crippen LogP contribution in [-0.2, 0) is 4.79 Å². The van der Waals surface area contributed by atoms with E-state index in [4.69, 9.17) is 15.0 Å².